The summed E-state index contributed by atoms with van der Waals surface area (Å²) < 4.78 is 1.93. The number of anilines is 1. The molecule has 4 rings (SSSR count). The van der Waals surface area contributed by atoms with Crippen molar-refractivity contribution < 1.29 is 0 Å². The Morgan fingerprint density at radius 1 is 1.26 bits per heavy atom. The van der Waals surface area contributed by atoms with Crippen LogP contribution in [0.3, 0.4) is 0 Å². The molecule has 0 saturated heterocycles. The van der Waals surface area contributed by atoms with E-state index in [1.165, 1.54) is 0 Å². The van der Waals surface area contributed by atoms with Crippen LogP contribution in [0.15, 0.2) is 30.9 Å². The molecule has 0 spiro atoms. The van der Waals surface area contributed by atoms with Crippen molar-refractivity contribution in [1.29, 1.82) is 0 Å². The Morgan fingerprint density at radius 3 is 2.87 bits per heavy atom. The molecule has 7 heteroatoms. The molecule has 0 aliphatic rings. The summed E-state index contributed by atoms with van der Waals surface area (Å²) in [6.45, 7) is 4.18. The average molecular weight is 307 g/mol. The molecule has 0 unspecified atom stereocenters. The Morgan fingerprint density at radius 2 is 2.13 bits per heavy atom. The molecule has 4 aromatic heterocycles. The van der Waals surface area contributed by atoms with E-state index in [1.807, 2.05) is 24.0 Å². The van der Waals surface area contributed by atoms with Crippen LogP contribution in [-0.2, 0) is 0 Å². The maximum atomic E-state index is 4.79. The Kier molecular flexibility index (Phi) is 3.00. The Hall–Kier alpha value is -2.96. The smallest absolute Gasteiger partial charge is 0.164 e. The van der Waals surface area contributed by atoms with Crippen LogP contribution in [0.2, 0.25) is 0 Å². The van der Waals surface area contributed by atoms with Crippen LogP contribution in [0.4, 0.5) is 5.82 Å². The Balaban J connectivity index is 2.05. The van der Waals surface area contributed by atoms with Gasteiger partial charge in [-0.05, 0) is 26.0 Å². The van der Waals surface area contributed by atoms with E-state index in [4.69, 9.17) is 5.10 Å². The number of rotatable bonds is 3. The number of aromatic nitrogens is 6. The molecule has 4 heterocycles. The third-order valence-corrected chi connectivity index (χ3v) is 3.89. The van der Waals surface area contributed by atoms with Gasteiger partial charge in [-0.15, -0.1) is 0 Å². The van der Waals surface area contributed by atoms with Crippen LogP contribution in [-0.4, -0.2) is 36.8 Å². The van der Waals surface area contributed by atoms with Gasteiger partial charge < -0.3 is 10.3 Å². The number of aromatic amines is 1. The van der Waals surface area contributed by atoms with Gasteiger partial charge in [0, 0.05) is 36.4 Å². The molecular formula is C16H17N7. The van der Waals surface area contributed by atoms with E-state index in [9.17, 15) is 0 Å². The topological polar surface area (TPSA) is 84.3 Å². The fourth-order valence-corrected chi connectivity index (χ4v) is 2.81. The second kappa shape index (κ2) is 5.05. The highest BCUT2D eigenvalue weighted by Crippen LogP contribution is 2.33. The number of pyridine rings is 1. The quantitative estimate of drug-likeness (QED) is 0.608. The van der Waals surface area contributed by atoms with Gasteiger partial charge in [-0.1, -0.05) is 0 Å². The van der Waals surface area contributed by atoms with E-state index in [0.717, 1.165) is 39.1 Å². The van der Waals surface area contributed by atoms with Crippen LogP contribution >= 0.6 is 0 Å². The largest absolute Gasteiger partial charge is 0.372 e. The van der Waals surface area contributed by atoms with Gasteiger partial charge in [0.05, 0.1) is 11.1 Å². The highest BCUT2D eigenvalue weighted by molar-refractivity contribution is 6.00. The molecular weight excluding hydrogens is 290 g/mol. The summed E-state index contributed by atoms with van der Waals surface area (Å²) in [6, 6.07) is 4.22. The number of H-pyrrole nitrogens is 1. The second-order valence-corrected chi connectivity index (χ2v) is 5.70. The van der Waals surface area contributed by atoms with Gasteiger partial charge in [-0.25, -0.2) is 14.6 Å². The van der Waals surface area contributed by atoms with Crippen LogP contribution < -0.4 is 5.32 Å². The SMILES string of the molecule is CNc1ncnc2c1c(-c1cc3cnccc3[nH]1)nn2C(C)C. The lowest BCUT2D eigenvalue weighted by molar-refractivity contribution is 0.547. The standard InChI is InChI=1S/C16H17N7/c1-9(2)23-16-13(15(17-3)19-8-20-16)14(22-23)12-6-10-7-18-5-4-11(10)21-12/h4-9,21H,1-3H3,(H,17,19,20). The lowest BCUT2D eigenvalue weighted by Crippen LogP contribution is -2.04. The number of hydrogen-bond donors (Lipinski definition) is 2. The van der Waals surface area contributed by atoms with Crippen molar-refractivity contribution in [1.82, 2.24) is 29.7 Å². The first-order valence-corrected chi connectivity index (χ1v) is 7.53. The molecule has 7 nitrogen and oxygen atoms in total. The molecule has 4 aromatic rings. The second-order valence-electron chi connectivity index (χ2n) is 5.70. The van der Waals surface area contributed by atoms with Crippen molar-refractivity contribution in [3.05, 3.63) is 30.9 Å². The molecule has 0 atom stereocenters. The van der Waals surface area contributed by atoms with Gasteiger partial charge in [-0.2, -0.15) is 5.10 Å². The highest BCUT2D eigenvalue weighted by Gasteiger charge is 2.20. The zero-order chi connectivity index (χ0) is 16.0. The fourth-order valence-electron chi connectivity index (χ4n) is 2.81. The summed E-state index contributed by atoms with van der Waals surface area (Å²) in [5.41, 5.74) is 3.63. The summed E-state index contributed by atoms with van der Waals surface area (Å²) in [5, 5.41) is 9.89. The summed E-state index contributed by atoms with van der Waals surface area (Å²) in [4.78, 5) is 16.3. The Labute approximate surface area is 132 Å². The maximum absolute atomic E-state index is 4.79. The third kappa shape index (κ3) is 2.04. The zero-order valence-corrected chi connectivity index (χ0v) is 13.2. The minimum Gasteiger partial charge on any atom is -0.372 e. The first-order valence-electron chi connectivity index (χ1n) is 7.53. The maximum Gasteiger partial charge on any atom is 0.164 e. The van der Waals surface area contributed by atoms with Crippen LogP contribution in [0.1, 0.15) is 19.9 Å². The molecule has 0 bridgehead atoms. The normalized spacial score (nSPS) is 11.7. The Bertz CT molecular complexity index is 963. The lowest BCUT2D eigenvalue weighted by Gasteiger charge is -2.06. The van der Waals surface area contributed by atoms with E-state index < -0.39 is 0 Å². The summed E-state index contributed by atoms with van der Waals surface area (Å²) >= 11 is 0. The molecule has 0 aliphatic carbocycles. The first kappa shape index (κ1) is 13.7. The van der Waals surface area contributed by atoms with Crippen molar-refractivity contribution in [3.63, 3.8) is 0 Å². The van der Waals surface area contributed by atoms with Gasteiger partial charge in [0.1, 0.15) is 17.8 Å². The van der Waals surface area contributed by atoms with E-state index in [0.29, 0.717) is 0 Å². The fraction of sp³-hybridized carbons (Fsp3) is 0.250. The van der Waals surface area contributed by atoms with Gasteiger partial charge in [0.15, 0.2) is 5.65 Å². The molecule has 2 N–H and O–H groups in total. The molecule has 0 saturated carbocycles. The summed E-state index contributed by atoms with van der Waals surface area (Å²) in [6.07, 6.45) is 5.18. The molecule has 0 aliphatic heterocycles. The number of hydrogen-bond acceptors (Lipinski definition) is 5. The minimum absolute atomic E-state index is 0.205. The molecule has 0 fully saturated rings. The number of fused-ring (bicyclic) bond motifs is 2. The molecule has 0 radical (unpaired) electrons. The third-order valence-electron chi connectivity index (χ3n) is 3.89. The van der Waals surface area contributed by atoms with Gasteiger partial charge in [-0.3, -0.25) is 4.98 Å². The number of nitrogens with one attached hydrogen (secondary N) is 2. The molecule has 0 amide bonds. The average Bonchev–Trinajstić information content (AvgIpc) is 3.15. The highest BCUT2D eigenvalue weighted by atomic mass is 15.3. The first-order chi connectivity index (χ1) is 11.2. The minimum atomic E-state index is 0.205. The van der Waals surface area contributed by atoms with Crippen molar-refractivity contribution in [3.8, 4) is 11.4 Å². The van der Waals surface area contributed by atoms with Gasteiger partial charge in [0.2, 0.25) is 0 Å². The van der Waals surface area contributed by atoms with E-state index in [1.54, 1.807) is 12.5 Å². The monoisotopic (exact) mass is 307 g/mol. The van der Waals surface area contributed by atoms with Gasteiger partial charge >= 0.3 is 0 Å². The molecule has 23 heavy (non-hydrogen) atoms. The van der Waals surface area contributed by atoms with Crippen LogP contribution in [0.5, 0.6) is 0 Å². The van der Waals surface area contributed by atoms with Gasteiger partial charge in [0.25, 0.3) is 0 Å². The zero-order valence-electron chi connectivity index (χ0n) is 13.2. The molecule has 0 aromatic carbocycles. The lowest BCUT2D eigenvalue weighted by atomic mass is 10.2. The van der Waals surface area contributed by atoms with Crippen molar-refractivity contribution in [2.24, 2.45) is 0 Å². The van der Waals surface area contributed by atoms with E-state index in [2.05, 4.69) is 45.2 Å². The summed E-state index contributed by atoms with van der Waals surface area (Å²) in [5.74, 6) is 0.772. The number of nitrogens with zero attached hydrogens (tertiary/aromatic N) is 5. The molecule has 116 valence electrons. The van der Waals surface area contributed by atoms with Crippen molar-refractivity contribution in [2.75, 3.05) is 12.4 Å². The van der Waals surface area contributed by atoms with E-state index >= 15 is 0 Å². The van der Waals surface area contributed by atoms with E-state index in [-0.39, 0.29) is 6.04 Å². The predicted molar refractivity (Wildman–Crippen MR) is 90.3 cm³/mol. The van der Waals surface area contributed by atoms with Crippen LogP contribution in [0, 0.1) is 0 Å². The van der Waals surface area contributed by atoms with Crippen LogP contribution in [0.25, 0.3) is 33.3 Å². The van der Waals surface area contributed by atoms with Crippen molar-refractivity contribution >= 4 is 27.8 Å². The van der Waals surface area contributed by atoms with Crippen molar-refractivity contribution in [2.45, 2.75) is 19.9 Å². The summed E-state index contributed by atoms with van der Waals surface area (Å²) in [7, 11) is 1.85. The predicted octanol–water partition coefficient (Wildman–Crippen LogP) is 2.99.